The highest BCUT2D eigenvalue weighted by Gasteiger charge is 2.34. The number of hydrogen-bond donors (Lipinski definition) is 1. The van der Waals surface area contributed by atoms with Gasteiger partial charge in [0.25, 0.3) is 11.8 Å². The van der Waals surface area contributed by atoms with E-state index < -0.39 is 23.9 Å². The van der Waals surface area contributed by atoms with Crippen molar-refractivity contribution in [2.24, 2.45) is 0 Å². The summed E-state index contributed by atoms with van der Waals surface area (Å²) in [6.45, 7) is 0. The quantitative estimate of drug-likeness (QED) is 0.306. The summed E-state index contributed by atoms with van der Waals surface area (Å²) in [5.74, 6) is -0.642. The maximum absolute atomic E-state index is 13.1. The van der Waals surface area contributed by atoms with Crippen molar-refractivity contribution >= 4 is 40.9 Å². The Morgan fingerprint density at radius 3 is 2.03 bits per heavy atom. The normalized spacial score (nSPS) is 15.3. The largest absolute Gasteiger partial charge is 0.573 e. The number of alkyl halides is 3. The number of nitrogens with one attached hydrogen (secondary N) is 1. The van der Waals surface area contributed by atoms with E-state index in [9.17, 15) is 22.8 Å². The van der Waals surface area contributed by atoms with Gasteiger partial charge in [0.1, 0.15) is 22.8 Å². The molecule has 3 aromatic rings. The molecule has 1 fully saturated rings. The van der Waals surface area contributed by atoms with Gasteiger partial charge in [0.05, 0.1) is 5.69 Å². The Morgan fingerprint density at radius 1 is 0.824 bits per heavy atom. The lowest BCUT2D eigenvalue weighted by Crippen LogP contribution is -2.54. The standard InChI is InChI=1S/C24H15F3N2O4S/c25-24(26,27)33-19-10-6-15(7-11-19)14-20-21(30)28-23(34)29(22(20)31)16-8-12-18(13-9-16)32-17-4-2-1-3-5-17/h1-14H,(H,28,30,34). The Labute approximate surface area is 197 Å². The summed E-state index contributed by atoms with van der Waals surface area (Å²) < 4.78 is 46.6. The van der Waals surface area contributed by atoms with Crippen LogP contribution in [0.4, 0.5) is 18.9 Å². The van der Waals surface area contributed by atoms with Crippen LogP contribution in [-0.4, -0.2) is 23.3 Å². The third kappa shape index (κ3) is 5.41. The Morgan fingerprint density at radius 2 is 1.41 bits per heavy atom. The summed E-state index contributed by atoms with van der Waals surface area (Å²) in [6, 6.07) is 20.4. The van der Waals surface area contributed by atoms with Gasteiger partial charge in [-0.1, -0.05) is 30.3 Å². The molecule has 34 heavy (non-hydrogen) atoms. The molecule has 2 amide bonds. The van der Waals surface area contributed by atoms with Gasteiger partial charge in [0.2, 0.25) is 0 Å². The molecule has 0 radical (unpaired) electrons. The molecule has 1 saturated heterocycles. The predicted octanol–water partition coefficient (Wildman–Crippen LogP) is 5.21. The average molecular weight is 484 g/mol. The topological polar surface area (TPSA) is 67.9 Å². The van der Waals surface area contributed by atoms with E-state index in [2.05, 4.69) is 10.1 Å². The molecule has 0 spiro atoms. The number of carbonyl (C=O) groups is 2. The first-order valence-electron chi connectivity index (χ1n) is 9.80. The number of ether oxygens (including phenoxy) is 2. The zero-order valence-corrected chi connectivity index (χ0v) is 18.0. The maximum Gasteiger partial charge on any atom is 0.573 e. The van der Waals surface area contributed by atoms with E-state index in [0.717, 1.165) is 17.0 Å². The summed E-state index contributed by atoms with van der Waals surface area (Å²) in [6.07, 6.45) is -3.56. The molecule has 0 saturated carbocycles. The second kappa shape index (κ2) is 9.36. The van der Waals surface area contributed by atoms with Crippen molar-refractivity contribution in [2.75, 3.05) is 4.90 Å². The highest BCUT2D eigenvalue weighted by atomic mass is 32.1. The van der Waals surface area contributed by atoms with Crippen LogP contribution >= 0.6 is 12.2 Å². The number of halogens is 3. The first kappa shape index (κ1) is 23.0. The Balaban J connectivity index is 1.55. The van der Waals surface area contributed by atoms with Crippen molar-refractivity contribution in [1.29, 1.82) is 0 Å². The molecular formula is C24H15F3N2O4S. The zero-order valence-electron chi connectivity index (χ0n) is 17.2. The van der Waals surface area contributed by atoms with Gasteiger partial charge in [-0.3, -0.25) is 19.8 Å². The molecule has 0 aromatic heterocycles. The highest BCUT2D eigenvalue weighted by Crippen LogP contribution is 2.28. The number of anilines is 1. The van der Waals surface area contributed by atoms with Crippen LogP contribution in [0.1, 0.15) is 5.56 Å². The van der Waals surface area contributed by atoms with E-state index in [-0.39, 0.29) is 10.7 Å². The molecule has 0 bridgehead atoms. The zero-order chi connectivity index (χ0) is 24.3. The molecule has 3 aromatic carbocycles. The van der Waals surface area contributed by atoms with E-state index in [1.54, 1.807) is 36.4 Å². The number of benzene rings is 3. The van der Waals surface area contributed by atoms with Crippen LogP contribution in [0.2, 0.25) is 0 Å². The number of hydrogen-bond acceptors (Lipinski definition) is 5. The SMILES string of the molecule is O=C1NC(=S)N(c2ccc(Oc3ccccc3)cc2)C(=O)C1=Cc1ccc(OC(F)(F)F)cc1. The van der Waals surface area contributed by atoms with Gasteiger partial charge in [-0.2, -0.15) is 0 Å². The molecule has 1 aliphatic rings. The Kier molecular flexibility index (Phi) is 6.33. The summed E-state index contributed by atoms with van der Waals surface area (Å²) in [5.41, 5.74) is 0.491. The lowest BCUT2D eigenvalue weighted by Gasteiger charge is -2.29. The summed E-state index contributed by atoms with van der Waals surface area (Å²) in [5, 5.41) is 2.35. The summed E-state index contributed by atoms with van der Waals surface area (Å²) >= 11 is 5.18. The van der Waals surface area contributed by atoms with Gasteiger partial charge in [0.15, 0.2) is 5.11 Å². The molecule has 1 N–H and O–H groups in total. The van der Waals surface area contributed by atoms with E-state index in [0.29, 0.717) is 22.7 Å². The molecule has 1 aliphatic heterocycles. The van der Waals surface area contributed by atoms with Crippen molar-refractivity contribution in [3.05, 3.63) is 90.0 Å². The van der Waals surface area contributed by atoms with Crippen LogP contribution in [0.5, 0.6) is 17.2 Å². The molecule has 1 heterocycles. The van der Waals surface area contributed by atoms with E-state index in [1.807, 2.05) is 18.2 Å². The summed E-state index contributed by atoms with van der Waals surface area (Å²) in [7, 11) is 0. The van der Waals surface area contributed by atoms with Crippen molar-refractivity contribution in [1.82, 2.24) is 5.32 Å². The van der Waals surface area contributed by atoms with Gasteiger partial charge >= 0.3 is 6.36 Å². The van der Waals surface area contributed by atoms with Crippen LogP contribution in [0.15, 0.2) is 84.4 Å². The molecule has 0 unspecified atom stereocenters. The van der Waals surface area contributed by atoms with E-state index in [1.165, 1.54) is 18.2 Å². The number of thiocarbonyl (C=S) groups is 1. The van der Waals surface area contributed by atoms with Gasteiger partial charge in [-0.05, 0) is 72.4 Å². The maximum atomic E-state index is 13.1. The number of nitrogens with zero attached hydrogens (tertiary/aromatic N) is 1. The number of para-hydroxylation sites is 1. The van der Waals surface area contributed by atoms with Gasteiger partial charge in [-0.25, -0.2) is 0 Å². The molecule has 0 atom stereocenters. The number of carbonyl (C=O) groups excluding carboxylic acids is 2. The van der Waals surface area contributed by atoms with Crippen molar-refractivity contribution in [3.63, 3.8) is 0 Å². The number of amides is 2. The van der Waals surface area contributed by atoms with Crippen LogP contribution in [0.25, 0.3) is 6.08 Å². The average Bonchev–Trinajstić information content (AvgIpc) is 2.78. The van der Waals surface area contributed by atoms with Crippen LogP contribution in [0.3, 0.4) is 0 Å². The fraction of sp³-hybridized carbons (Fsp3) is 0.0417. The lowest BCUT2D eigenvalue weighted by atomic mass is 10.1. The van der Waals surface area contributed by atoms with Gasteiger partial charge < -0.3 is 9.47 Å². The Bertz CT molecular complexity index is 1260. The van der Waals surface area contributed by atoms with Gasteiger partial charge in [-0.15, -0.1) is 13.2 Å². The smallest absolute Gasteiger partial charge is 0.457 e. The molecule has 6 nitrogen and oxygen atoms in total. The fourth-order valence-electron chi connectivity index (χ4n) is 3.11. The molecular weight excluding hydrogens is 469 g/mol. The second-order valence-corrected chi connectivity index (χ2v) is 7.37. The first-order chi connectivity index (χ1) is 16.2. The van der Waals surface area contributed by atoms with E-state index >= 15 is 0 Å². The third-order valence-electron chi connectivity index (χ3n) is 4.60. The fourth-order valence-corrected chi connectivity index (χ4v) is 3.39. The van der Waals surface area contributed by atoms with Crippen molar-refractivity contribution in [3.8, 4) is 17.2 Å². The molecule has 172 valence electrons. The third-order valence-corrected chi connectivity index (χ3v) is 4.88. The molecule has 4 rings (SSSR count). The monoisotopic (exact) mass is 484 g/mol. The second-order valence-electron chi connectivity index (χ2n) is 6.98. The summed E-state index contributed by atoms with van der Waals surface area (Å²) in [4.78, 5) is 26.6. The Hall–Kier alpha value is -4.18. The minimum absolute atomic E-state index is 0.0993. The minimum atomic E-state index is -4.82. The van der Waals surface area contributed by atoms with E-state index in [4.69, 9.17) is 17.0 Å². The number of rotatable bonds is 5. The predicted molar refractivity (Wildman–Crippen MR) is 122 cm³/mol. The first-order valence-corrected chi connectivity index (χ1v) is 10.2. The van der Waals surface area contributed by atoms with Crippen LogP contribution in [-0.2, 0) is 9.59 Å². The molecule has 10 heteroatoms. The van der Waals surface area contributed by atoms with Crippen molar-refractivity contribution in [2.45, 2.75) is 6.36 Å². The lowest BCUT2D eigenvalue weighted by molar-refractivity contribution is -0.274. The highest BCUT2D eigenvalue weighted by molar-refractivity contribution is 7.80. The van der Waals surface area contributed by atoms with Crippen LogP contribution in [0, 0.1) is 0 Å². The van der Waals surface area contributed by atoms with Crippen LogP contribution < -0.4 is 19.7 Å². The van der Waals surface area contributed by atoms with Gasteiger partial charge in [0, 0.05) is 0 Å². The van der Waals surface area contributed by atoms with Crippen molar-refractivity contribution < 1.29 is 32.2 Å². The minimum Gasteiger partial charge on any atom is -0.457 e. The molecule has 0 aliphatic carbocycles.